The molecule has 30 heavy (non-hydrogen) atoms. The number of anilines is 1. The molecule has 0 radical (unpaired) electrons. The Morgan fingerprint density at radius 3 is 2.53 bits per heavy atom. The Labute approximate surface area is 178 Å². The van der Waals surface area contributed by atoms with Gasteiger partial charge in [-0.1, -0.05) is 6.92 Å². The van der Waals surface area contributed by atoms with E-state index in [1.54, 1.807) is 13.8 Å². The van der Waals surface area contributed by atoms with E-state index in [-0.39, 0.29) is 30.3 Å². The van der Waals surface area contributed by atoms with Crippen LogP contribution in [0.4, 0.5) is 10.5 Å². The second kappa shape index (κ2) is 7.93. The van der Waals surface area contributed by atoms with Gasteiger partial charge in [0.2, 0.25) is 5.91 Å². The van der Waals surface area contributed by atoms with Gasteiger partial charge in [0.05, 0.1) is 6.61 Å². The molecule has 1 atom stereocenters. The van der Waals surface area contributed by atoms with Gasteiger partial charge in [0.1, 0.15) is 11.3 Å². The molecule has 2 aliphatic heterocycles. The molecule has 1 fully saturated rings. The average Bonchev–Trinajstić information content (AvgIpc) is 2.83. The zero-order valence-corrected chi connectivity index (χ0v) is 18.9. The number of rotatable bonds is 6. The van der Waals surface area contributed by atoms with Gasteiger partial charge >= 0.3 is 6.03 Å². The minimum atomic E-state index is -0.886. The number of benzene rings is 1. The van der Waals surface area contributed by atoms with Crippen molar-refractivity contribution in [1.82, 2.24) is 10.2 Å². The molecule has 2 heterocycles. The minimum Gasteiger partial charge on any atom is -0.494 e. The van der Waals surface area contributed by atoms with E-state index in [2.05, 4.69) is 26.1 Å². The van der Waals surface area contributed by atoms with E-state index in [0.717, 1.165) is 23.4 Å². The summed E-state index contributed by atoms with van der Waals surface area (Å²) in [6.45, 7) is 12.5. The summed E-state index contributed by atoms with van der Waals surface area (Å²) in [6.07, 6.45) is 1.55. The summed E-state index contributed by atoms with van der Waals surface area (Å²) < 4.78 is 5.65. The van der Waals surface area contributed by atoms with Crippen molar-refractivity contribution in [2.75, 3.05) is 18.1 Å². The normalized spacial score (nSPS) is 22.0. The molecule has 0 aromatic heterocycles. The second-order valence-electron chi connectivity index (χ2n) is 9.42. The number of hydrogen-bond acceptors (Lipinski definition) is 4. The lowest BCUT2D eigenvalue weighted by molar-refractivity contribution is -0.130. The van der Waals surface area contributed by atoms with E-state index < -0.39 is 11.6 Å². The number of amides is 4. The fourth-order valence-electron chi connectivity index (χ4n) is 4.66. The molecule has 1 saturated heterocycles. The number of carbonyl (C=O) groups is 3. The predicted octanol–water partition coefficient (Wildman–Crippen LogP) is 3.81. The number of nitrogens with zero attached hydrogens (tertiary/aromatic N) is 2. The summed E-state index contributed by atoms with van der Waals surface area (Å²) in [7, 11) is 0. The number of fused-ring (bicyclic) bond motifs is 1. The molecule has 164 valence electrons. The van der Waals surface area contributed by atoms with Crippen LogP contribution in [0.5, 0.6) is 5.75 Å². The molecular weight excluding hydrogens is 382 g/mol. The second-order valence-corrected chi connectivity index (χ2v) is 9.42. The first-order chi connectivity index (χ1) is 14.0. The third-order valence-corrected chi connectivity index (χ3v) is 5.96. The highest BCUT2D eigenvalue weighted by Crippen LogP contribution is 2.45. The van der Waals surface area contributed by atoms with Crippen LogP contribution in [0, 0.1) is 0 Å². The standard InChI is InChI=1S/C23H33N3O4/c1-7-30-16-10-11-18-17(13-16)15(2)14-22(3,4)26(18)19(27)9-8-12-25-20(28)23(5,6)24-21(25)29/h10-11,13,15H,7-9,12,14H2,1-6H3,(H,24,29)/t15-/m1/s1. The van der Waals surface area contributed by atoms with Crippen molar-refractivity contribution >= 4 is 23.5 Å². The van der Waals surface area contributed by atoms with Crippen molar-refractivity contribution < 1.29 is 19.1 Å². The zero-order valence-electron chi connectivity index (χ0n) is 18.9. The number of carbonyl (C=O) groups excluding carboxylic acids is 3. The van der Waals surface area contributed by atoms with Crippen LogP contribution in [0.1, 0.15) is 72.3 Å². The molecule has 0 saturated carbocycles. The van der Waals surface area contributed by atoms with Crippen LogP contribution in [-0.4, -0.2) is 47.0 Å². The molecule has 0 spiro atoms. The number of imide groups is 1. The zero-order chi connectivity index (χ0) is 22.3. The van der Waals surface area contributed by atoms with E-state index >= 15 is 0 Å². The van der Waals surface area contributed by atoms with Crippen LogP contribution in [-0.2, 0) is 9.59 Å². The molecular formula is C23H33N3O4. The van der Waals surface area contributed by atoms with E-state index in [9.17, 15) is 14.4 Å². The van der Waals surface area contributed by atoms with Gasteiger partial charge in [-0.25, -0.2) is 4.79 Å². The van der Waals surface area contributed by atoms with Crippen molar-refractivity contribution in [2.45, 2.75) is 77.8 Å². The van der Waals surface area contributed by atoms with Gasteiger partial charge in [-0.2, -0.15) is 0 Å². The van der Waals surface area contributed by atoms with E-state index in [1.807, 2.05) is 30.0 Å². The number of ether oxygens (including phenoxy) is 1. The molecule has 1 aromatic carbocycles. The van der Waals surface area contributed by atoms with Crippen LogP contribution in [0.3, 0.4) is 0 Å². The maximum atomic E-state index is 13.2. The highest BCUT2D eigenvalue weighted by atomic mass is 16.5. The van der Waals surface area contributed by atoms with E-state index in [1.165, 1.54) is 4.90 Å². The van der Waals surface area contributed by atoms with Crippen LogP contribution >= 0.6 is 0 Å². The van der Waals surface area contributed by atoms with Crippen LogP contribution in [0.25, 0.3) is 0 Å². The van der Waals surface area contributed by atoms with Gasteiger partial charge in [-0.3, -0.25) is 14.5 Å². The Bertz CT molecular complexity index is 862. The van der Waals surface area contributed by atoms with E-state index in [0.29, 0.717) is 18.9 Å². The average molecular weight is 416 g/mol. The van der Waals surface area contributed by atoms with Crippen molar-refractivity contribution in [1.29, 1.82) is 0 Å². The molecule has 3 rings (SSSR count). The highest BCUT2D eigenvalue weighted by Gasteiger charge is 2.44. The third kappa shape index (κ3) is 4.02. The Morgan fingerprint density at radius 1 is 1.23 bits per heavy atom. The highest BCUT2D eigenvalue weighted by molar-refractivity contribution is 6.06. The largest absolute Gasteiger partial charge is 0.494 e. The Morgan fingerprint density at radius 2 is 1.93 bits per heavy atom. The smallest absolute Gasteiger partial charge is 0.325 e. The fourth-order valence-corrected chi connectivity index (χ4v) is 4.66. The number of nitrogens with one attached hydrogen (secondary N) is 1. The first-order valence-corrected chi connectivity index (χ1v) is 10.7. The summed E-state index contributed by atoms with van der Waals surface area (Å²) in [5, 5.41) is 2.67. The fraction of sp³-hybridized carbons (Fsp3) is 0.609. The molecule has 0 bridgehead atoms. The Balaban J connectivity index is 1.74. The number of hydrogen-bond donors (Lipinski definition) is 1. The van der Waals surface area contributed by atoms with Gasteiger partial charge in [0.15, 0.2) is 0 Å². The summed E-state index contributed by atoms with van der Waals surface area (Å²) in [6, 6.07) is 5.52. The van der Waals surface area contributed by atoms with Gasteiger partial charge in [-0.15, -0.1) is 0 Å². The molecule has 4 amide bonds. The summed E-state index contributed by atoms with van der Waals surface area (Å²) >= 11 is 0. The van der Waals surface area contributed by atoms with Crippen LogP contribution < -0.4 is 15.0 Å². The first kappa shape index (κ1) is 22.1. The molecule has 0 aliphatic carbocycles. The Hall–Kier alpha value is -2.57. The summed E-state index contributed by atoms with van der Waals surface area (Å²) in [5.74, 6) is 0.883. The topological polar surface area (TPSA) is 79.0 Å². The molecule has 7 nitrogen and oxygen atoms in total. The summed E-state index contributed by atoms with van der Waals surface area (Å²) in [5.41, 5.74) is 0.829. The van der Waals surface area contributed by atoms with E-state index in [4.69, 9.17) is 4.74 Å². The van der Waals surface area contributed by atoms with Gasteiger partial charge in [0, 0.05) is 24.2 Å². The lowest BCUT2D eigenvalue weighted by Gasteiger charge is -2.46. The van der Waals surface area contributed by atoms with Crippen molar-refractivity contribution in [3.05, 3.63) is 23.8 Å². The van der Waals surface area contributed by atoms with Gasteiger partial charge in [-0.05, 0) is 77.1 Å². The molecule has 2 aliphatic rings. The Kier molecular flexibility index (Phi) is 5.85. The van der Waals surface area contributed by atoms with Crippen molar-refractivity contribution in [3.63, 3.8) is 0 Å². The molecule has 1 aromatic rings. The minimum absolute atomic E-state index is 0.00336. The predicted molar refractivity (Wildman–Crippen MR) is 116 cm³/mol. The van der Waals surface area contributed by atoms with Crippen LogP contribution in [0.2, 0.25) is 0 Å². The maximum absolute atomic E-state index is 13.2. The quantitative estimate of drug-likeness (QED) is 0.717. The van der Waals surface area contributed by atoms with Crippen LogP contribution in [0.15, 0.2) is 18.2 Å². The van der Waals surface area contributed by atoms with Crippen molar-refractivity contribution in [2.24, 2.45) is 0 Å². The van der Waals surface area contributed by atoms with Gasteiger partial charge < -0.3 is 15.0 Å². The lowest BCUT2D eigenvalue weighted by atomic mass is 9.79. The first-order valence-electron chi connectivity index (χ1n) is 10.7. The maximum Gasteiger partial charge on any atom is 0.325 e. The summed E-state index contributed by atoms with van der Waals surface area (Å²) in [4.78, 5) is 40.7. The monoisotopic (exact) mass is 415 g/mol. The molecule has 7 heteroatoms. The van der Waals surface area contributed by atoms with Gasteiger partial charge in [0.25, 0.3) is 5.91 Å². The molecule has 0 unspecified atom stereocenters. The third-order valence-electron chi connectivity index (χ3n) is 5.96. The lowest BCUT2D eigenvalue weighted by Crippen LogP contribution is -2.51. The number of urea groups is 1. The van der Waals surface area contributed by atoms with Crippen molar-refractivity contribution in [3.8, 4) is 5.75 Å². The SMILES string of the molecule is CCOc1ccc2c(c1)[C@H](C)CC(C)(C)N2C(=O)CCCN1C(=O)NC(C)(C)C1=O. The molecule has 1 N–H and O–H groups in total.